The molecule has 0 unspecified atom stereocenters. The van der Waals surface area contributed by atoms with Gasteiger partial charge in [-0.1, -0.05) is 46.3 Å². The summed E-state index contributed by atoms with van der Waals surface area (Å²) in [5.41, 5.74) is 1.75. The molecule has 0 spiro atoms. The van der Waals surface area contributed by atoms with E-state index in [4.69, 9.17) is 0 Å². The third kappa shape index (κ3) is 5.76. The Kier molecular flexibility index (Phi) is 6.99. The van der Waals surface area contributed by atoms with E-state index in [9.17, 15) is 9.59 Å². The summed E-state index contributed by atoms with van der Waals surface area (Å²) >= 11 is 6.79. The molecule has 0 heterocycles. The molecule has 126 valence electrons. The maximum absolute atomic E-state index is 12.1. The topological polar surface area (TPSA) is 49.4 Å². The molecule has 0 aliphatic heterocycles. The number of hydrogen-bond acceptors (Lipinski definition) is 2. The first-order valence-corrected chi connectivity index (χ1v) is 9.08. The third-order valence-corrected chi connectivity index (χ3v) is 4.62. The zero-order valence-electron chi connectivity index (χ0n) is 13.3. The van der Waals surface area contributed by atoms with Gasteiger partial charge in [0.1, 0.15) is 0 Å². The van der Waals surface area contributed by atoms with Crippen molar-refractivity contribution in [2.24, 2.45) is 0 Å². The Hall–Kier alpha value is -1.66. The summed E-state index contributed by atoms with van der Waals surface area (Å²) < 4.78 is 1.73. The molecule has 0 radical (unpaired) electrons. The van der Waals surface area contributed by atoms with Crippen LogP contribution in [0.2, 0.25) is 0 Å². The molecule has 2 rings (SSSR count). The van der Waals surface area contributed by atoms with E-state index in [1.807, 2.05) is 48.5 Å². The van der Waals surface area contributed by atoms with Gasteiger partial charge in [0.05, 0.1) is 5.69 Å². The molecule has 24 heavy (non-hydrogen) atoms. The Morgan fingerprint density at radius 3 is 2.42 bits per heavy atom. The zero-order chi connectivity index (χ0) is 17.5. The number of carbonyl (C=O) groups excluding carboxylic acids is 2. The zero-order valence-corrected chi connectivity index (χ0v) is 16.4. The normalized spacial score (nSPS) is 10.3. The third-order valence-electron chi connectivity index (χ3n) is 3.48. The molecule has 0 aromatic heterocycles. The highest BCUT2D eigenvalue weighted by Crippen LogP contribution is 2.26. The standard InChI is InChI=1S/C18H18Br2N2O2/c1-13(23)22(12-14-5-3-2-4-6-14)10-9-18(24)21-17-8-7-15(19)11-16(17)20/h2-8,11H,9-10,12H2,1H3,(H,21,24). The van der Waals surface area contributed by atoms with Gasteiger partial charge in [-0.25, -0.2) is 0 Å². The van der Waals surface area contributed by atoms with Crippen LogP contribution in [-0.4, -0.2) is 23.3 Å². The highest BCUT2D eigenvalue weighted by atomic mass is 79.9. The number of nitrogens with zero attached hydrogens (tertiary/aromatic N) is 1. The van der Waals surface area contributed by atoms with Gasteiger partial charge in [-0.15, -0.1) is 0 Å². The van der Waals surface area contributed by atoms with Gasteiger partial charge in [-0.05, 0) is 39.7 Å². The maximum atomic E-state index is 12.1. The minimum absolute atomic E-state index is 0.0449. The molecule has 6 heteroatoms. The first-order valence-electron chi connectivity index (χ1n) is 7.50. The van der Waals surface area contributed by atoms with Gasteiger partial charge >= 0.3 is 0 Å². The highest BCUT2D eigenvalue weighted by Gasteiger charge is 2.12. The van der Waals surface area contributed by atoms with Crippen LogP contribution >= 0.6 is 31.9 Å². The van der Waals surface area contributed by atoms with Gasteiger partial charge in [-0.3, -0.25) is 9.59 Å². The predicted octanol–water partition coefficient (Wildman–Crippen LogP) is 4.59. The second-order valence-corrected chi connectivity index (χ2v) is 7.12. The first-order chi connectivity index (χ1) is 11.5. The van der Waals surface area contributed by atoms with Crippen LogP contribution < -0.4 is 5.32 Å². The summed E-state index contributed by atoms with van der Waals surface area (Å²) in [6.07, 6.45) is 0.245. The van der Waals surface area contributed by atoms with Gasteiger partial charge in [-0.2, -0.15) is 0 Å². The molecule has 0 atom stereocenters. The van der Waals surface area contributed by atoms with Gasteiger partial charge < -0.3 is 10.2 Å². The van der Waals surface area contributed by atoms with E-state index < -0.39 is 0 Å². The van der Waals surface area contributed by atoms with Crippen molar-refractivity contribution in [1.82, 2.24) is 4.90 Å². The minimum atomic E-state index is -0.127. The Morgan fingerprint density at radius 1 is 1.08 bits per heavy atom. The molecule has 0 aliphatic carbocycles. The van der Waals surface area contributed by atoms with Crippen molar-refractivity contribution >= 4 is 49.4 Å². The fourth-order valence-electron chi connectivity index (χ4n) is 2.19. The van der Waals surface area contributed by atoms with Gasteiger partial charge in [0.25, 0.3) is 0 Å². The van der Waals surface area contributed by atoms with E-state index in [2.05, 4.69) is 37.2 Å². The van der Waals surface area contributed by atoms with Crippen LogP contribution in [0.5, 0.6) is 0 Å². The van der Waals surface area contributed by atoms with E-state index >= 15 is 0 Å². The van der Waals surface area contributed by atoms with Gasteiger partial charge in [0, 0.05) is 35.4 Å². The van der Waals surface area contributed by atoms with Crippen LogP contribution in [0.4, 0.5) is 5.69 Å². The molecule has 0 bridgehead atoms. The van der Waals surface area contributed by atoms with Crippen molar-refractivity contribution in [2.45, 2.75) is 19.9 Å². The molecule has 4 nitrogen and oxygen atoms in total. The molecule has 0 fully saturated rings. The van der Waals surface area contributed by atoms with Crippen LogP contribution in [-0.2, 0) is 16.1 Å². The van der Waals surface area contributed by atoms with Crippen molar-refractivity contribution in [1.29, 1.82) is 0 Å². The van der Waals surface area contributed by atoms with Crippen molar-refractivity contribution in [3.05, 3.63) is 63.0 Å². The summed E-state index contributed by atoms with van der Waals surface area (Å²) in [5, 5.41) is 2.85. The minimum Gasteiger partial charge on any atom is -0.338 e. The molecular formula is C18H18Br2N2O2. The van der Waals surface area contributed by atoms with Gasteiger partial charge in [0.2, 0.25) is 11.8 Å². The number of nitrogens with one attached hydrogen (secondary N) is 1. The molecule has 0 aliphatic rings. The Bertz CT molecular complexity index is 720. The lowest BCUT2D eigenvalue weighted by Gasteiger charge is -2.21. The fraction of sp³-hybridized carbons (Fsp3) is 0.222. The van der Waals surface area contributed by atoms with Crippen LogP contribution in [0, 0.1) is 0 Å². The number of halogens is 2. The molecule has 1 N–H and O–H groups in total. The van der Waals surface area contributed by atoms with E-state index in [1.165, 1.54) is 6.92 Å². The van der Waals surface area contributed by atoms with E-state index in [1.54, 1.807) is 4.90 Å². The second kappa shape index (κ2) is 8.99. The lowest BCUT2D eigenvalue weighted by Crippen LogP contribution is -2.31. The van der Waals surface area contributed by atoms with Crippen LogP contribution in [0.25, 0.3) is 0 Å². The quantitative estimate of drug-likeness (QED) is 0.695. The maximum Gasteiger partial charge on any atom is 0.226 e. The van der Waals surface area contributed by atoms with Gasteiger partial charge in [0.15, 0.2) is 0 Å². The van der Waals surface area contributed by atoms with Crippen LogP contribution in [0.1, 0.15) is 18.9 Å². The Balaban J connectivity index is 1.91. The van der Waals surface area contributed by atoms with Crippen LogP contribution in [0.3, 0.4) is 0 Å². The number of benzene rings is 2. The van der Waals surface area contributed by atoms with Crippen molar-refractivity contribution in [2.75, 3.05) is 11.9 Å². The number of hydrogen-bond donors (Lipinski definition) is 1. The second-order valence-electron chi connectivity index (χ2n) is 5.35. The Labute approximate surface area is 158 Å². The fourth-order valence-corrected chi connectivity index (χ4v) is 3.34. The summed E-state index contributed by atoms with van der Waals surface area (Å²) in [4.78, 5) is 25.6. The van der Waals surface area contributed by atoms with Crippen molar-refractivity contribution < 1.29 is 9.59 Å². The summed E-state index contributed by atoms with van der Waals surface area (Å²) in [5.74, 6) is -0.172. The molecular weight excluding hydrogens is 436 g/mol. The number of carbonyl (C=O) groups is 2. The van der Waals surface area contributed by atoms with Crippen molar-refractivity contribution in [3.63, 3.8) is 0 Å². The summed E-state index contributed by atoms with van der Waals surface area (Å²) in [6.45, 7) is 2.40. The molecule has 2 aromatic carbocycles. The van der Waals surface area contributed by atoms with Crippen LogP contribution in [0.15, 0.2) is 57.5 Å². The average molecular weight is 454 g/mol. The smallest absolute Gasteiger partial charge is 0.226 e. The first kappa shape index (κ1) is 18.7. The number of anilines is 1. The molecule has 2 amide bonds. The number of rotatable bonds is 6. The van der Waals surface area contributed by atoms with E-state index in [0.717, 1.165) is 14.5 Å². The van der Waals surface area contributed by atoms with E-state index in [0.29, 0.717) is 18.8 Å². The molecule has 2 aromatic rings. The SMILES string of the molecule is CC(=O)N(CCC(=O)Nc1ccc(Br)cc1Br)Cc1ccccc1. The number of amides is 2. The Morgan fingerprint density at radius 2 is 1.79 bits per heavy atom. The largest absolute Gasteiger partial charge is 0.338 e. The predicted molar refractivity (Wildman–Crippen MR) is 103 cm³/mol. The highest BCUT2D eigenvalue weighted by molar-refractivity contribution is 9.11. The van der Waals surface area contributed by atoms with Crippen molar-refractivity contribution in [3.8, 4) is 0 Å². The lowest BCUT2D eigenvalue weighted by atomic mass is 10.2. The lowest BCUT2D eigenvalue weighted by molar-refractivity contribution is -0.129. The summed E-state index contributed by atoms with van der Waals surface area (Å²) in [6, 6.07) is 15.3. The molecule has 0 saturated heterocycles. The summed E-state index contributed by atoms with van der Waals surface area (Å²) in [7, 11) is 0. The average Bonchev–Trinajstić information content (AvgIpc) is 2.55. The van der Waals surface area contributed by atoms with E-state index in [-0.39, 0.29) is 18.2 Å². The monoisotopic (exact) mass is 452 g/mol. The molecule has 0 saturated carbocycles.